The summed E-state index contributed by atoms with van der Waals surface area (Å²) >= 11 is 0. The Morgan fingerprint density at radius 3 is 2.56 bits per heavy atom. The van der Waals surface area contributed by atoms with E-state index >= 15 is 0 Å². The third-order valence-electron chi connectivity index (χ3n) is 6.58. The molecular weight excluding hydrogens is 432 g/mol. The molecule has 0 aromatic heterocycles. The fraction of sp³-hybridized carbons (Fsp3) is 0.360. The van der Waals surface area contributed by atoms with Crippen LogP contribution in [0, 0.1) is 0 Å². The number of fused-ring (bicyclic) bond motifs is 3. The summed E-state index contributed by atoms with van der Waals surface area (Å²) in [6.45, 7) is 5.25. The Morgan fingerprint density at radius 2 is 1.85 bits per heavy atom. The minimum Gasteiger partial charge on any atom is -0.497 e. The zero-order valence-corrected chi connectivity index (χ0v) is 19.2. The molecule has 2 aromatic carbocycles. The van der Waals surface area contributed by atoms with Gasteiger partial charge in [-0.25, -0.2) is 0 Å². The molecular formula is C25H28N6O3. The van der Waals surface area contributed by atoms with E-state index in [1.54, 1.807) is 13.2 Å². The van der Waals surface area contributed by atoms with E-state index in [0.29, 0.717) is 29.1 Å². The molecule has 1 atom stereocenters. The van der Waals surface area contributed by atoms with Crippen LogP contribution in [0.4, 0.5) is 5.69 Å². The van der Waals surface area contributed by atoms with E-state index < -0.39 is 6.04 Å². The quantitative estimate of drug-likeness (QED) is 0.656. The van der Waals surface area contributed by atoms with Crippen LogP contribution < -0.4 is 15.8 Å². The maximum absolute atomic E-state index is 13.5. The average Bonchev–Trinajstić information content (AvgIpc) is 3.41. The monoisotopic (exact) mass is 460 g/mol. The number of anilines is 1. The van der Waals surface area contributed by atoms with Gasteiger partial charge in [0.15, 0.2) is 5.78 Å². The fourth-order valence-corrected chi connectivity index (χ4v) is 4.80. The minimum atomic E-state index is -0.438. The number of nitrogens with one attached hydrogen (secondary N) is 1. The van der Waals surface area contributed by atoms with Crippen LogP contribution in [0.3, 0.4) is 0 Å². The number of nitrogens with zero attached hydrogens (tertiary/aromatic N) is 4. The van der Waals surface area contributed by atoms with Gasteiger partial charge in [0.25, 0.3) is 0 Å². The highest BCUT2D eigenvalue weighted by atomic mass is 16.5. The predicted molar refractivity (Wildman–Crippen MR) is 129 cm³/mol. The lowest BCUT2D eigenvalue weighted by Crippen LogP contribution is -2.49. The predicted octanol–water partition coefficient (Wildman–Crippen LogP) is 2.32. The summed E-state index contributed by atoms with van der Waals surface area (Å²) in [4.78, 5) is 30.7. The van der Waals surface area contributed by atoms with Crippen LogP contribution in [-0.4, -0.2) is 74.4 Å². The number of hydrogen-bond acceptors (Lipinski definition) is 8. The molecule has 9 nitrogen and oxygen atoms in total. The van der Waals surface area contributed by atoms with Crippen LogP contribution in [0.1, 0.15) is 27.5 Å². The number of benzene rings is 2. The lowest BCUT2D eigenvalue weighted by atomic mass is 10.0. The van der Waals surface area contributed by atoms with Crippen molar-refractivity contribution >= 4 is 23.1 Å². The van der Waals surface area contributed by atoms with E-state index in [1.165, 1.54) is 0 Å². The summed E-state index contributed by atoms with van der Waals surface area (Å²) in [5.41, 5.74) is 9.38. The second-order valence-corrected chi connectivity index (χ2v) is 8.66. The molecule has 2 aliphatic heterocycles. The Kier molecular flexibility index (Phi) is 6.23. The van der Waals surface area contributed by atoms with Gasteiger partial charge in [-0.1, -0.05) is 12.1 Å². The molecule has 5 rings (SSSR count). The minimum absolute atomic E-state index is 0.128. The van der Waals surface area contributed by atoms with Gasteiger partial charge >= 0.3 is 0 Å². The van der Waals surface area contributed by atoms with Crippen LogP contribution in [0.25, 0.3) is 5.70 Å². The standard InChI is InChI=1S/C25H28N6O3/c1-34-17-7-5-16(6-8-17)23-22-24(29-28-23)18-3-2-4-19(21(18)25(22)33)27-20(32)15-31-13-11-30(10-9-26)12-14-31/h2-8,24H,9-15,26H2,1H3,(H,27,32). The Bertz CT molecular complexity index is 1170. The van der Waals surface area contributed by atoms with Crippen LogP contribution in [0.15, 0.2) is 58.3 Å². The molecule has 0 radical (unpaired) electrons. The van der Waals surface area contributed by atoms with Gasteiger partial charge in [-0.3, -0.25) is 19.4 Å². The van der Waals surface area contributed by atoms with Crippen LogP contribution in [-0.2, 0) is 4.79 Å². The molecule has 1 saturated heterocycles. The molecule has 0 spiro atoms. The highest BCUT2D eigenvalue weighted by Crippen LogP contribution is 2.49. The van der Waals surface area contributed by atoms with Crippen LogP contribution >= 0.6 is 0 Å². The van der Waals surface area contributed by atoms with Crippen molar-refractivity contribution in [1.82, 2.24) is 9.80 Å². The van der Waals surface area contributed by atoms with Gasteiger partial charge in [0.1, 0.15) is 17.5 Å². The SMILES string of the molecule is COc1ccc(C2=C3C(=O)c4c(NC(=O)CN5CCN(CCN)CC5)cccc4C3N=N2)cc1. The lowest BCUT2D eigenvalue weighted by Gasteiger charge is -2.34. The zero-order chi connectivity index (χ0) is 23.7. The molecule has 2 aromatic rings. The molecule has 0 bridgehead atoms. The van der Waals surface area contributed by atoms with Gasteiger partial charge in [0.05, 0.1) is 30.5 Å². The van der Waals surface area contributed by atoms with E-state index in [9.17, 15) is 9.59 Å². The van der Waals surface area contributed by atoms with Gasteiger partial charge in [0.2, 0.25) is 5.91 Å². The lowest BCUT2D eigenvalue weighted by molar-refractivity contribution is -0.117. The number of amides is 1. The largest absolute Gasteiger partial charge is 0.497 e. The van der Waals surface area contributed by atoms with Crippen molar-refractivity contribution in [2.24, 2.45) is 16.0 Å². The summed E-state index contributed by atoms with van der Waals surface area (Å²) in [6.07, 6.45) is 0. The molecule has 1 fully saturated rings. The molecule has 3 aliphatic rings. The normalized spacial score (nSPS) is 19.9. The average molecular weight is 461 g/mol. The van der Waals surface area contributed by atoms with Crippen molar-refractivity contribution in [1.29, 1.82) is 0 Å². The van der Waals surface area contributed by atoms with Gasteiger partial charge in [-0.2, -0.15) is 10.2 Å². The Balaban J connectivity index is 1.33. The van der Waals surface area contributed by atoms with E-state index in [0.717, 1.165) is 49.6 Å². The fourth-order valence-electron chi connectivity index (χ4n) is 4.80. The number of carbonyl (C=O) groups excluding carboxylic acids is 2. The smallest absolute Gasteiger partial charge is 0.238 e. The van der Waals surface area contributed by atoms with E-state index in [4.69, 9.17) is 10.5 Å². The van der Waals surface area contributed by atoms with Crippen molar-refractivity contribution in [3.63, 3.8) is 0 Å². The number of piperazine rings is 1. The molecule has 1 aliphatic carbocycles. The summed E-state index contributed by atoms with van der Waals surface area (Å²) < 4.78 is 5.23. The maximum atomic E-state index is 13.5. The van der Waals surface area contributed by atoms with Crippen LogP contribution in [0.2, 0.25) is 0 Å². The second-order valence-electron chi connectivity index (χ2n) is 8.66. The number of Topliss-reactive ketones (excluding diaryl/α,β-unsaturated/α-hetero) is 1. The van der Waals surface area contributed by atoms with Gasteiger partial charge < -0.3 is 15.8 Å². The first-order valence-electron chi connectivity index (χ1n) is 11.5. The second kappa shape index (κ2) is 9.46. The zero-order valence-electron chi connectivity index (χ0n) is 19.2. The maximum Gasteiger partial charge on any atom is 0.238 e. The van der Waals surface area contributed by atoms with Crippen LogP contribution in [0.5, 0.6) is 5.75 Å². The molecule has 3 N–H and O–H groups in total. The Labute approximate surface area is 198 Å². The molecule has 34 heavy (non-hydrogen) atoms. The first kappa shape index (κ1) is 22.4. The van der Waals surface area contributed by atoms with Gasteiger partial charge in [-0.15, -0.1) is 0 Å². The van der Waals surface area contributed by atoms with Crippen molar-refractivity contribution in [2.75, 3.05) is 58.2 Å². The number of nitrogens with two attached hydrogens (primary N) is 1. The Morgan fingerprint density at radius 1 is 1.12 bits per heavy atom. The van der Waals surface area contributed by atoms with E-state index in [1.807, 2.05) is 36.4 Å². The molecule has 9 heteroatoms. The topological polar surface area (TPSA) is 113 Å². The van der Waals surface area contributed by atoms with E-state index in [2.05, 4.69) is 25.3 Å². The van der Waals surface area contributed by atoms with E-state index in [-0.39, 0.29) is 18.2 Å². The summed E-state index contributed by atoms with van der Waals surface area (Å²) in [5.74, 6) is 0.464. The number of methoxy groups -OCH3 is 1. The molecule has 176 valence electrons. The van der Waals surface area contributed by atoms with Gasteiger partial charge in [0, 0.05) is 44.8 Å². The molecule has 1 unspecified atom stereocenters. The van der Waals surface area contributed by atoms with Gasteiger partial charge in [-0.05, 0) is 35.9 Å². The number of ketones is 1. The highest BCUT2D eigenvalue weighted by molar-refractivity contribution is 6.22. The Hall–Kier alpha value is -3.40. The van der Waals surface area contributed by atoms with Crippen molar-refractivity contribution in [3.05, 3.63) is 64.7 Å². The molecule has 0 saturated carbocycles. The first-order valence-corrected chi connectivity index (χ1v) is 11.5. The molecule has 1 amide bonds. The number of carbonyl (C=O) groups is 2. The van der Waals surface area contributed by atoms with Crippen molar-refractivity contribution < 1.29 is 14.3 Å². The summed E-state index contributed by atoms with van der Waals surface area (Å²) in [5, 5.41) is 11.7. The third-order valence-corrected chi connectivity index (χ3v) is 6.58. The highest BCUT2D eigenvalue weighted by Gasteiger charge is 2.42. The summed E-state index contributed by atoms with van der Waals surface area (Å²) in [6, 6.07) is 12.5. The van der Waals surface area contributed by atoms with Crippen molar-refractivity contribution in [3.8, 4) is 5.75 Å². The first-order chi connectivity index (χ1) is 16.6. The third kappa shape index (κ3) is 4.13. The van der Waals surface area contributed by atoms with Crippen molar-refractivity contribution in [2.45, 2.75) is 6.04 Å². The number of hydrogen-bond donors (Lipinski definition) is 2. The summed E-state index contributed by atoms with van der Waals surface area (Å²) in [7, 11) is 1.61. The number of azo groups is 1. The number of ether oxygens (including phenoxy) is 1. The number of rotatable bonds is 7. The molecule has 2 heterocycles.